The van der Waals surface area contributed by atoms with Gasteiger partial charge in [-0.2, -0.15) is 0 Å². The number of morpholine rings is 1. The summed E-state index contributed by atoms with van der Waals surface area (Å²) < 4.78 is 5.49. The van der Waals surface area contributed by atoms with E-state index in [2.05, 4.69) is 49.7 Å². The van der Waals surface area contributed by atoms with Gasteiger partial charge < -0.3 is 25.2 Å². The molecule has 0 spiro atoms. The van der Waals surface area contributed by atoms with Crippen molar-refractivity contribution in [3.8, 4) is 0 Å². The monoisotopic (exact) mass is 387 g/mol. The Morgan fingerprint density at radius 3 is 2.57 bits per heavy atom. The number of hydrogen-bond donors (Lipinski definition) is 2. The summed E-state index contributed by atoms with van der Waals surface area (Å²) >= 11 is 0. The van der Waals surface area contributed by atoms with Crippen molar-refractivity contribution in [2.45, 2.75) is 25.8 Å². The molecule has 2 aliphatic rings. The van der Waals surface area contributed by atoms with Gasteiger partial charge in [-0.1, -0.05) is 18.2 Å². The summed E-state index contributed by atoms with van der Waals surface area (Å²) in [4.78, 5) is 20.8. The van der Waals surface area contributed by atoms with Gasteiger partial charge in [-0.3, -0.25) is 9.79 Å². The minimum Gasteiger partial charge on any atom is -0.378 e. The quantitative estimate of drug-likeness (QED) is 0.591. The molecule has 0 atom stereocenters. The summed E-state index contributed by atoms with van der Waals surface area (Å²) in [7, 11) is 3.55. The molecule has 2 N–H and O–H groups in total. The Hall–Kier alpha value is -2.28. The molecule has 1 aromatic carbocycles. The zero-order chi connectivity index (χ0) is 19.8. The third-order valence-electron chi connectivity index (χ3n) is 5.66. The standard InChI is InChI=1S/C21H33N5O2/c1-22-20(27)15-17-7-9-26(10-8-17)21(23-2)24-16-18-5-3-4-6-19(18)25-11-13-28-14-12-25/h3-6,17H,7-16H2,1-2H3,(H,22,27)(H,23,24). The van der Waals surface area contributed by atoms with Gasteiger partial charge in [0.1, 0.15) is 0 Å². The second-order valence-corrected chi connectivity index (χ2v) is 7.44. The van der Waals surface area contributed by atoms with E-state index in [1.54, 1.807) is 7.05 Å². The van der Waals surface area contributed by atoms with Crippen LogP contribution in [-0.4, -0.2) is 70.3 Å². The first-order chi connectivity index (χ1) is 13.7. The molecule has 28 heavy (non-hydrogen) atoms. The van der Waals surface area contributed by atoms with E-state index in [9.17, 15) is 4.79 Å². The van der Waals surface area contributed by atoms with E-state index in [0.29, 0.717) is 12.3 Å². The fraction of sp³-hybridized carbons (Fsp3) is 0.619. The maximum atomic E-state index is 11.6. The SMILES string of the molecule is CN=C(NCc1ccccc1N1CCOCC1)N1CCC(CC(=O)NC)CC1. The lowest BCUT2D eigenvalue weighted by Gasteiger charge is -2.34. The number of para-hydroxylation sites is 1. The van der Waals surface area contributed by atoms with Gasteiger partial charge >= 0.3 is 0 Å². The molecule has 0 radical (unpaired) electrons. The van der Waals surface area contributed by atoms with Crippen molar-refractivity contribution >= 4 is 17.6 Å². The number of nitrogens with zero attached hydrogens (tertiary/aromatic N) is 3. The molecule has 0 unspecified atom stereocenters. The molecule has 1 aromatic rings. The van der Waals surface area contributed by atoms with E-state index in [1.807, 2.05) is 7.05 Å². The predicted octanol–water partition coefficient (Wildman–Crippen LogP) is 1.45. The Bertz CT molecular complexity index is 665. The van der Waals surface area contributed by atoms with Crippen molar-refractivity contribution in [1.29, 1.82) is 0 Å². The zero-order valence-electron chi connectivity index (χ0n) is 17.1. The van der Waals surface area contributed by atoms with Crippen LogP contribution in [0, 0.1) is 5.92 Å². The highest BCUT2D eigenvalue weighted by molar-refractivity contribution is 5.80. The third-order valence-corrected chi connectivity index (χ3v) is 5.66. The number of hydrogen-bond acceptors (Lipinski definition) is 4. The van der Waals surface area contributed by atoms with E-state index in [4.69, 9.17) is 4.74 Å². The minimum absolute atomic E-state index is 0.140. The average Bonchev–Trinajstić information content (AvgIpc) is 2.76. The lowest BCUT2D eigenvalue weighted by molar-refractivity contribution is -0.121. The molecular weight excluding hydrogens is 354 g/mol. The molecule has 7 nitrogen and oxygen atoms in total. The van der Waals surface area contributed by atoms with Crippen LogP contribution in [-0.2, 0) is 16.1 Å². The number of benzene rings is 1. The smallest absolute Gasteiger partial charge is 0.220 e. The fourth-order valence-electron chi connectivity index (χ4n) is 3.99. The number of aliphatic imine (C=N–C) groups is 1. The van der Waals surface area contributed by atoms with Crippen LogP contribution in [0.4, 0.5) is 5.69 Å². The van der Waals surface area contributed by atoms with Crippen molar-refractivity contribution in [2.75, 3.05) is 58.4 Å². The molecule has 3 rings (SSSR count). The number of nitrogens with one attached hydrogen (secondary N) is 2. The van der Waals surface area contributed by atoms with Gasteiger partial charge in [-0.05, 0) is 30.4 Å². The minimum atomic E-state index is 0.140. The maximum Gasteiger partial charge on any atom is 0.220 e. The van der Waals surface area contributed by atoms with Gasteiger partial charge in [0, 0.05) is 58.9 Å². The lowest BCUT2D eigenvalue weighted by Crippen LogP contribution is -2.46. The topological polar surface area (TPSA) is 69.2 Å². The number of guanidine groups is 1. The van der Waals surface area contributed by atoms with Crippen molar-refractivity contribution in [1.82, 2.24) is 15.5 Å². The van der Waals surface area contributed by atoms with Crippen LogP contribution in [0.1, 0.15) is 24.8 Å². The number of anilines is 1. The number of piperidine rings is 1. The second kappa shape index (κ2) is 10.3. The van der Waals surface area contributed by atoms with Crippen molar-refractivity contribution < 1.29 is 9.53 Å². The van der Waals surface area contributed by atoms with Crippen LogP contribution in [0.3, 0.4) is 0 Å². The molecule has 154 valence electrons. The van der Waals surface area contributed by atoms with E-state index in [1.165, 1.54) is 11.3 Å². The first kappa shape index (κ1) is 20.5. The Labute approximate surface area is 168 Å². The van der Waals surface area contributed by atoms with E-state index in [0.717, 1.165) is 64.7 Å². The number of rotatable bonds is 5. The van der Waals surface area contributed by atoms with Gasteiger partial charge in [-0.15, -0.1) is 0 Å². The van der Waals surface area contributed by atoms with E-state index in [-0.39, 0.29) is 5.91 Å². The van der Waals surface area contributed by atoms with Crippen LogP contribution < -0.4 is 15.5 Å². The van der Waals surface area contributed by atoms with Gasteiger partial charge in [-0.25, -0.2) is 0 Å². The molecule has 2 heterocycles. The highest BCUT2D eigenvalue weighted by Crippen LogP contribution is 2.23. The molecule has 0 aliphatic carbocycles. The maximum absolute atomic E-state index is 11.6. The van der Waals surface area contributed by atoms with E-state index >= 15 is 0 Å². The van der Waals surface area contributed by atoms with Crippen molar-refractivity contribution in [3.63, 3.8) is 0 Å². The predicted molar refractivity (Wildman–Crippen MR) is 113 cm³/mol. The number of likely N-dealkylation sites (tertiary alicyclic amines) is 1. The van der Waals surface area contributed by atoms with Gasteiger partial charge in [0.15, 0.2) is 5.96 Å². The molecule has 0 bridgehead atoms. The Morgan fingerprint density at radius 2 is 1.89 bits per heavy atom. The highest BCUT2D eigenvalue weighted by Gasteiger charge is 2.23. The Kier molecular flexibility index (Phi) is 7.54. The molecule has 0 saturated carbocycles. The molecule has 2 fully saturated rings. The summed E-state index contributed by atoms with van der Waals surface area (Å²) in [5.74, 6) is 1.55. The van der Waals surface area contributed by atoms with Crippen molar-refractivity contribution in [2.24, 2.45) is 10.9 Å². The van der Waals surface area contributed by atoms with Crippen LogP contribution in [0.25, 0.3) is 0 Å². The third kappa shape index (κ3) is 5.38. The molecule has 2 saturated heterocycles. The molecule has 7 heteroatoms. The van der Waals surface area contributed by atoms with Crippen molar-refractivity contribution in [3.05, 3.63) is 29.8 Å². The summed E-state index contributed by atoms with van der Waals surface area (Å²) in [6, 6.07) is 8.56. The second-order valence-electron chi connectivity index (χ2n) is 7.44. The number of amides is 1. The van der Waals surface area contributed by atoms with Gasteiger partial charge in [0.25, 0.3) is 0 Å². The van der Waals surface area contributed by atoms with Crippen LogP contribution in [0.2, 0.25) is 0 Å². The number of carbonyl (C=O) groups excluding carboxylic acids is 1. The molecule has 1 amide bonds. The van der Waals surface area contributed by atoms with Crippen LogP contribution in [0.15, 0.2) is 29.3 Å². The summed E-state index contributed by atoms with van der Waals surface area (Å²) in [6.45, 7) is 6.06. The normalized spacial score (nSPS) is 18.9. The highest BCUT2D eigenvalue weighted by atomic mass is 16.5. The Morgan fingerprint density at radius 1 is 1.18 bits per heavy atom. The molecule has 0 aromatic heterocycles. The number of ether oxygens (including phenoxy) is 1. The van der Waals surface area contributed by atoms with Crippen LogP contribution in [0.5, 0.6) is 0 Å². The Balaban J connectivity index is 1.55. The van der Waals surface area contributed by atoms with E-state index < -0.39 is 0 Å². The summed E-state index contributed by atoms with van der Waals surface area (Å²) in [5.41, 5.74) is 2.55. The zero-order valence-corrected chi connectivity index (χ0v) is 17.1. The first-order valence-electron chi connectivity index (χ1n) is 10.3. The van der Waals surface area contributed by atoms with Gasteiger partial charge in [0.2, 0.25) is 5.91 Å². The molecule has 2 aliphatic heterocycles. The number of carbonyl (C=O) groups is 1. The first-order valence-corrected chi connectivity index (χ1v) is 10.3. The average molecular weight is 388 g/mol. The fourth-order valence-corrected chi connectivity index (χ4v) is 3.99. The van der Waals surface area contributed by atoms with Crippen LogP contribution >= 0.6 is 0 Å². The van der Waals surface area contributed by atoms with Gasteiger partial charge in [0.05, 0.1) is 13.2 Å². The summed E-state index contributed by atoms with van der Waals surface area (Å²) in [6.07, 6.45) is 2.68. The largest absolute Gasteiger partial charge is 0.378 e. The molecular formula is C21H33N5O2. The lowest BCUT2D eigenvalue weighted by atomic mass is 9.93. The summed E-state index contributed by atoms with van der Waals surface area (Å²) in [5, 5.41) is 6.27.